The number of nitrogens with one attached hydrogen (secondary N) is 1. The summed E-state index contributed by atoms with van der Waals surface area (Å²) in [6.45, 7) is 3.60. The van der Waals surface area contributed by atoms with Crippen LogP contribution in [0.2, 0.25) is 0 Å². The van der Waals surface area contributed by atoms with E-state index in [-0.39, 0.29) is 29.5 Å². The summed E-state index contributed by atoms with van der Waals surface area (Å²) < 4.78 is 1.54. The van der Waals surface area contributed by atoms with Crippen molar-refractivity contribution in [2.24, 2.45) is 0 Å². The first-order valence-electron chi connectivity index (χ1n) is 9.42. The van der Waals surface area contributed by atoms with Gasteiger partial charge in [-0.05, 0) is 25.0 Å². The Kier molecular flexibility index (Phi) is 5.27. The molecule has 0 bridgehead atoms. The first-order chi connectivity index (χ1) is 14.0. The number of rotatable bonds is 5. The molecule has 0 radical (unpaired) electrons. The first kappa shape index (κ1) is 19.1. The van der Waals surface area contributed by atoms with Crippen LogP contribution >= 0.6 is 11.3 Å². The van der Waals surface area contributed by atoms with E-state index < -0.39 is 0 Å². The molecule has 0 atom stereocenters. The van der Waals surface area contributed by atoms with E-state index in [1.807, 2.05) is 73.0 Å². The van der Waals surface area contributed by atoms with Crippen molar-refractivity contribution in [2.45, 2.75) is 26.2 Å². The second kappa shape index (κ2) is 8.01. The van der Waals surface area contributed by atoms with Gasteiger partial charge in [-0.15, -0.1) is 11.3 Å². The molecule has 4 rings (SSSR count). The molecule has 2 heterocycles. The number of thiazole rings is 1. The molecular formula is C23H21N3O2S. The van der Waals surface area contributed by atoms with Crippen molar-refractivity contribution >= 4 is 27.9 Å². The number of carbonyl (C=O) groups is 1. The van der Waals surface area contributed by atoms with Crippen LogP contribution in [0.1, 0.15) is 34.9 Å². The molecule has 0 aliphatic heterocycles. The van der Waals surface area contributed by atoms with Crippen molar-refractivity contribution < 1.29 is 4.79 Å². The van der Waals surface area contributed by atoms with E-state index in [9.17, 15) is 9.59 Å². The molecule has 146 valence electrons. The van der Waals surface area contributed by atoms with Gasteiger partial charge in [0.1, 0.15) is 5.69 Å². The molecule has 0 fully saturated rings. The maximum atomic E-state index is 12.9. The minimum atomic E-state index is -0.240. The largest absolute Gasteiger partial charge is 0.320 e. The number of anilines is 1. The average molecular weight is 404 g/mol. The SMILES string of the molecule is Cc1nc2scc(C)n2c(=O)c1NC(=O)CC(c1ccccc1)c1ccccc1. The fourth-order valence-corrected chi connectivity index (χ4v) is 4.41. The van der Waals surface area contributed by atoms with Crippen molar-refractivity contribution in [3.63, 3.8) is 0 Å². The molecule has 0 saturated carbocycles. The molecule has 1 amide bonds. The number of hydrogen-bond acceptors (Lipinski definition) is 4. The van der Waals surface area contributed by atoms with E-state index >= 15 is 0 Å². The maximum absolute atomic E-state index is 12.9. The molecule has 29 heavy (non-hydrogen) atoms. The molecular weight excluding hydrogens is 382 g/mol. The average Bonchev–Trinajstić information content (AvgIpc) is 3.11. The third-order valence-electron chi connectivity index (χ3n) is 4.98. The third-order valence-corrected chi connectivity index (χ3v) is 5.92. The van der Waals surface area contributed by atoms with Crippen LogP contribution in [0.4, 0.5) is 5.69 Å². The summed E-state index contributed by atoms with van der Waals surface area (Å²) in [4.78, 5) is 31.0. The summed E-state index contributed by atoms with van der Waals surface area (Å²) in [6, 6.07) is 19.9. The highest BCUT2D eigenvalue weighted by Gasteiger charge is 2.20. The highest BCUT2D eigenvalue weighted by atomic mass is 32.1. The van der Waals surface area contributed by atoms with Gasteiger partial charge in [0.05, 0.1) is 5.69 Å². The van der Waals surface area contributed by atoms with E-state index in [2.05, 4.69) is 10.3 Å². The van der Waals surface area contributed by atoms with Gasteiger partial charge in [0.2, 0.25) is 5.91 Å². The van der Waals surface area contributed by atoms with Crippen LogP contribution in [-0.4, -0.2) is 15.3 Å². The van der Waals surface area contributed by atoms with Crippen LogP contribution < -0.4 is 10.9 Å². The Morgan fingerprint density at radius 1 is 1.03 bits per heavy atom. The molecule has 0 unspecified atom stereocenters. The van der Waals surface area contributed by atoms with Gasteiger partial charge in [-0.3, -0.25) is 14.0 Å². The lowest BCUT2D eigenvalue weighted by Gasteiger charge is -2.18. The van der Waals surface area contributed by atoms with Crippen molar-refractivity contribution in [2.75, 3.05) is 5.32 Å². The zero-order valence-electron chi connectivity index (χ0n) is 16.3. The predicted octanol–water partition coefficient (Wildman–Crippen LogP) is 4.53. The molecule has 6 heteroatoms. The summed E-state index contributed by atoms with van der Waals surface area (Å²) in [5, 5.41) is 4.71. The molecule has 2 aromatic carbocycles. The van der Waals surface area contributed by atoms with E-state index in [0.717, 1.165) is 16.8 Å². The highest BCUT2D eigenvalue weighted by Crippen LogP contribution is 2.28. The Bertz CT molecular complexity index is 1170. The number of aryl methyl sites for hydroxylation is 2. The monoisotopic (exact) mass is 403 g/mol. The summed E-state index contributed by atoms with van der Waals surface area (Å²) >= 11 is 1.41. The molecule has 4 aromatic rings. The van der Waals surface area contributed by atoms with E-state index in [4.69, 9.17) is 0 Å². The quantitative estimate of drug-likeness (QED) is 0.532. The van der Waals surface area contributed by atoms with Crippen molar-refractivity contribution in [3.05, 3.63) is 98.9 Å². The number of carbonyl (C=O) groups excluding carboxylic acids is 1. The number of hydrogen-bond donors (Lipinski definition) is 1. The Labute approximate surface area is 172 Å². The van der Waals surface area contributed by atoms with Gasteiger partial charge >= 0.3 is 0 Å². The van der Waals surface area contributed by atoms with E-state index in [1.165, 1.54) is 11.3 Å². The minimum absolute atomic E-state index is 0.0972. The summed E-state index contributed by atoms with van der Waals surface area (Å²) in [5.41, 5.74) is 3.46. The van der Waals surface area contributed by atoms with Crippen LogP contribution in [0.5, 0.6) is 0 Å². The predicted molar refractivity (Wildman–Crippen MR) is 117 cm³/mol. The Morgan fingerprint density at radius 2 is 1.62 bits per heavy atom. The molecule has 0 aliphatic rings. The molecule has 0 aliphatic carbocycles. The van der Waals surface area contributed by atoms with Gasteiger partial charge in [0.15, 0.2) is 4.96 Å². The Morgan fingerprint density at radius 3 is 2.21 bits per heavy atom. The van der Waals surface area contributed by atoms with Crippen molar-refractivity contribution in [1.82, 2.24) is 9.38 Å². The maximum Gasteiger partial charge on any atom is 0.282 e. The van der Waals surface area contributed by atoms with Crippen LogP contribution in [0.3, 0.4) is 0 Å². The zero-order chi connectivity index (χ0) is 20.4. The Balaban J connectivity index is 1.65. The minimum Gasteiger partial charge on any atom is -0.320 e. The van der Waals surface area contributed by atoms with Gasteiger partial charge in [0.25, 0.3) is 5.56 Å². The fourth-order valence-electron chi connectivity index (χ4n) is 3.50. The topological polar surface area (TPSA) is 63.5 Å². The summed E-state index contributed by atoms with van der Waals surface area (Å²) in [5.74, 6) is -0.308. The standard InChI is InChI=1S/C23H21N3O2S/c1-15-14-29-23-24-16(2)21(22(28)26(15)23)25-20(27)13-19(17-9-5-3-6-10-17)18-11-7-4-8-12-18/h3-12,14,19H,13H2,1-2H3,(H,25,27). The number of nitrogens with zero attached hydrogens (tertiary/aromatic N) is 2. The number of fused-ring (bicyclic) bond motifs is 1. The van der Waals surface area contributed by atoms with Gasteiger partial charge in [-0.1, -0.05) is 60.7 Å². The van der Waals surface area contributed by atoms with Crippen molar-refractivity contribution in [3.8, 4) is 0 Å². The van der Waals surface area contributed by atoms with Gasteiger partial charge < -0.3 is 5.32 Å². The van der Waals surface area contributed by atoms with Crippen LogP contribution in [0.15, 0.2) is 70.8 Å². The Hall–Kier alpha value is -3.25. The molecule has 2 aromatic heterocycles. The first-order valence-corrected chi connectivity index (χ1v) is 10.3. The second-order valence-electron chi connectivity index (χ2n) is 7.00. The normalized spacial score (nSPS) is 11.1. The number of benzene rings is 2. The second-order valence-corrected chi connectivity index (χ2v) is 7.84. The third kappa shape index (κ3) is 3.84. The molecule has 0 spiro atoms. The van der Waals surface area contributed by atoms with Crippen molar-refractivity contribution in [1.29, 1.82) is 0 Å². The van der Waals surface area contributed by atoms with E-state index in [0.29, 0.717) is 10.7 Å². The van der Waals surface area contributed by atoms with Crippen LogP contribution in [0.25, 0.3) is 4.96 Å². The lowest BCUT2D eigenvalue weighted by molar-refractivity contribution is -0.116. The zero-order valence-corrected chi connectivity index (χ0v) is 17.1. The lowest BCUT2D eigenvalue weighted by Crippen LogP contribution is -2.26. The lowest BCUT2D eigenvalue weighted by atomic mass is 9.88. The number of amides is 1. The van der Waals surface area contributed by atoms with Crippen LogP contribution in [-0.2, 0) is 4.79 Å². The van der Waals surface area contributed by atoms with E-state index in [1.54, 1.807) is 11.3 Å². The van der Waals surface area contributed by atoms with Crippen LogP contribution in [0, 0.1) is 13.8 Å². The fraction of sp³-hybridized carbons (Fsp3) is 0.174. The number of aromatic nitrogens is 2. The van der Waals surface area contributed by atoms with Gasteiger partial charge in [0, 0.05) is 23.4 Å². The summed E-state index contributed by atoms with van der Waals surface area (Å²) in [7, 11) is 0. The molecule has 5 nitrogen and oxygen atoms in total. The molecule has 0 saturated heterocycles. The molecule has 1 N–H and O–H groups in total. The smallest absolute Gasteiger partial charge is 0.282 e. The van der Waals surface area contributed by atoms with Gasteiger partial charge in [-0.25, -0.2) is 4.98 Å². The summed E-state index contributed by atoms with van der Waals surface area (Å²) in [6.07, 6.45) is 0.234. The van der Waals surface area contributed by atoms with Gasteiger partial charge in [-0.2, -0.15) is 0 Å². The highest BCUT2D eigenvalue weighted by molar-refractivity contribution is 7.15.